The number of thioether (sulfide) groups is 1. The number of anilines is 1. The number of ether oxygens (including phenoxy) is 1. The minimum atomic E-state index is -3.88. The smallest absolute Gasteiger partial charge is 0.325 e. The number of halogens is 2. The highest BCUT2D eigenvalue weighted by atomic mass is 127. The molecule has 166 valence electrons. The molecule has 1 unspecified atom stereocenters. The fourth-order valence-corrected chi connectivity index (χ4v) is 6.57. The molecule has 2 aromatic carbocycles. The minimum absolute atomic E-state index is 0.0601. The maximum atomic E-state index is 13.1. The van der Waals surface area contributed by atoms with Gasteiger partial charge < -0.3 is 10.1 Å². The Labute approximate surface area is 207 Å². The van der Waals surface area contributed by atoms with Crippen LogP contribution >= 0.6 is 50.3 Å². The molecule has 1 atom stereocenters. The molecule has 1 heterocycles. The highest BCUT2D eigenvalue weighted by molar-refractivity contribution is 14.1. The molecule has 0 aliphatic carbocycles. The Kier molecular flexibility index (Phi) is 8.41. The van der Waals surface area contributed by atoms with E-state index in [-0.39, 0.29) is 24.0 Å². The summed E-state index contributed by atoms with van der Waals surface area (Å²) in [5.74, 6) is 0.135. The molecule has 0 spiro atoms. The normalized spacial score (nSPS) is 17.2. The van der Waals surface area contributed by atoms with Crippen LogP contribution in [0, 0.1) is 3.57 Å². The monoisotopic (exact) mass is 638 g/mol. The number of hydrogen-bond acceptors (Lipinski definition) is 6. The van der Waals surface area contributed by atoms with Gasteiger partial charge in [0.2, 0.25) is 10.0 Å². The fraction of sp³-hybridized carbons (Fsp3) is 0.300. The van der Waals surface area contributed by atoms with E-state index in [1.165, 1.54) is 40.3 Å². The zero-order valence-electron chi connectivity index (χ0n) is 16.5. The average Bonchev–Trinajstić information content (AvgIpc) is 2.76. The molecular formula is C20H20BrIN2O5S2. The first kappa shape index (κ1) is 24.5. The van der Waals surface area contributed by atoms with Gasteiger partial charge in [-0.1, -0.05) is 0 Å². The van der Waals surface area contributed by atoms with Gasteiger partial charge in [-0.2, -0.15) is 16.1 Å². The van der Waals surface area contributed by atoms with Crippen LogP contribution in [0.25, 0.3) is 0 Å². The summed E-state index contributed by atoms with van der Waals surface area (Å²) in [6.45, 7) is 2.12. The molecule has 1 aliphatic heterocycles. The number of carbonyl (C=O) groups is 2. The van der Waals surface area contributed by atoms with Crippen LogP contribution in [0.5, 0.6) is 0 Å². The summed E-state index contributed by atoms with van der Waals surface area (Å²) in [5, 5.41) is 2.76. The third kappa shape index (κ3) is 5.81. The van der Waals surface area contributed by atoms with Gasteiger partial charge in [0.25, 0.3) is 5.91 Å². The number of hydrogen-bond donors (Lipinski definition) is 1. The molecule has 1 N–H and O–H groups in total. The van der Waals surface area contributed by atoms with Gasteiger partial charge in [0.1, 0.15) is 6.04 Å². The first-order chi connectivity index (χ1) is 14.7. The van der Waals surface area contributed by atoms with E-state index in [0.717, 1.165) is 8.04 Å². The average molecular weight is 639 g/mol. The second-order valence-corrected chi connectivity index (χ2v) is 11.6. The van der Waals surface area contributed by atoms with Crippen LogP contribution in [0.15, 0.2) is 51.8 Å². The number of sulfonamides is 1. The van der Waals surface area contributed by atoms with E-state index in [1.807, 2.05) is 0 Å². The first-order valence-electron chi connectivity index (χ1n) is 9.36. The standard InChI is InChI=1S/C20H20BrIN2O5S2/c1-2-29-20(26)18-12-30-10-9-24(18)31(27,28)15-6-4-14(5-7-15)23-19(25)13-3-8-16(21)17(22)11-13/h3-8,11,18H,2,9-10,12H2,1H3,(H,23,25). The SMILES string of the molecule is CCOC(=O)C1CSCCN1S(=O)(=O)c1ccc(NC(=O)c2ccc(Br)c(I)c2)cc1. The highest BCUT2D eigenvalue weighted by Gasteiger charge is 2.38. The second kappa shape index (κ2) is 10.6. The zero-order chi connectivity index (χ0) is 22.6. The third-order valence-electron chi connectivity index (χ3n) is 4.54. The van der Waals surface area contributed by atoms with Crippen molar-refractivity contribution in [3.05, 3.63) is 56.1 Å². The van der Waals surface area contributed by atoms with E-state index in [2.05, 4.69) is 43.8 Å². The summed E-state index contributed by atoms with van der Waals surface area (Å²) in [7, 11) is -3.88. The van der Waals surface area contributed by atoms with Gasteiger partial charge in [-0.15, -0.1) is 0 Å². The molecule has 11 heteroatoms. The predicted octanol–water partition coefficient (Wildman–Crippen LogP) is 3.98. The van der Waals surface area contributed by atoms with Gasteiger partial charge in [-0.25, -0.2) is 8.42 Å². The third-order valence-corrected chi connectivity index (χ3v) is 9.81. The molecule has 7 nitrogen and oxygen atoms in total. The summed E-state index contributed by atoms with van der Waals surface area (Å²) in [6, 6.07) is 10.3. The number of nitrogens with one attached hydrogen (secondary N) is 1. The van der Waals surface area contributed by atoms with E-state index < -0.39 is 22.0 Å². The zero-order valence-corrected chi connectivity index (χ0v) is 21.9. The summed E-state index contributed by atoms with van der Waals surface area (Å²) >= 11 is 7.05. The van der Waals surface area contributed by atoms with E-state index >= 15 is 0 Å². The van der Waals surface area contributed by atoms with Crippen LogP contribution in [-0.4, -0.2) is 55.3 Å². The topological polar surface area (TPSA) is 92.8 Å². The van der Waals surface area contributed by atoms with Gasteiger partial charge in [-0.3, -0.25) is 9.59 Å². The molecule has 1 amide bonds. The Balaban J connectivity index is 1.76. The van der Waals surface area contributed by atoms with E-state index in [4.69, 9.17) is 4.74 Å². The lowest BCUT2D eigenvalue weighted by Crippen LogP contribution is -2.50. The number of benzene rings is 2. The number of amides is 1. The van der Waals surface area contributed by atoms with Gasteiger partial charge in [0.05, 0.1) is 11.5 Å². The van der Waals surface area contributed by atoms with Crippen LogP contribution in [0.3, 0.4) is 0 Å². The summed E-state index contributed by atoms with van der Waals surface area (Å²) in [6.07, 6.45) is 0. The Morgan fingerprint density at radius 3 is 2.61 bits per heavy atom. The van der Waals surface area contributed by atoms with Crippen LogP contribution in [-0.2, 0) is 19.6 Å². The molecule has 1 aliphatic rings. The Hall–Kier alpha value is -1.15. The maximum Gasteiger partial charge on any atom is 0.325 e. The first-order valence-corrected chi connectivity index (χ1v) is 13.8. The van der Waals surface area contributed by atoms with Crippen LogP contribution in [0.4, 0.5) is 5.69 Å². The number of rotatable bonds is 6. The van der Waals surface area contributed by atoms with E-state index in [0.29, 0.717) is 22.8 Å². The summed E-state index contributed by atoms with van der Waals surface area (Å²) in [4.78, 5) is 24.8. The maximum absolute atomic E-state index is 13.1. The number of esters is 1. The molecular weight excluding hydrogens is 619 g/mol. The second-order valence-electron chi connectivity index (χ2n) is 6.57. The van der Waals surface area contributed by atoms with Crippen molar-refractivity contribution in [2.45, 2.75) is 17.9 Å². The van der Waals surface area contributed by atoms with Crippen molar-refractivity contribution in [2.24, 2.45) is 0 Å². The highest BCUT2D eigenvalue weighted by Crippen LogP contribution is 2.27. The molecule has 0 saturated carbocycles. The van der Waals surface area contributed by atoms with Crippen molar-refractivity contribution in [3.63, 3.8) is 0 Å². The van der Waals surface area contributed by atoms with Crippen molar-refractivity contribution < 1.29 is 22.7 Å². The molecule has 0 aromatic heterocycles. The van der Waals surface area contributed by atoms with Crippen molar-refractivity contribution >= 4 is 77.9 Å². The van der Waals surface area contributed by atoms with Gasteiger partial charge in [0.15, 0.2) is 0 Å². The van der Waals surface area contributed by atoms with E-state index in [1.54, 1.807) is 25.1 Å². The summed E-state index contributed by atoms with van der Waals surface area (Å²) < 4.78 is 34.4. The van der Waals surface area contributed by atoms with Crippen LogP contribution < -0.4 is 5.32 Å². The number of nitrogens with zero attached hydrogens (tertiary/aromatic N) is 1. The molecule has 3 rings (SSSR count). The fourth-order valence-electron chi connectivity index (χ4n) is 2.99. The Bertz CT molecular complexity index is 1080. The van der Waals surface area contributed by atoms with Gasteiger partial charge in [0, 0.05) is 37.3 Å². The lowest BCUT2D eigenvalue weighted by Gasteiger charge is -2.32. The van der Waals surface area contributed by atoms with Gasteiger partial charge >= 0.3 is 5.97 Å². The molecule has 1 saturated heterocycles. The van der Waals surface area contributed by atoms with Crippen molar-refractivity contribution in [3.8, 4) is 0 Å². The number of carbonyl (C=O) groups excluding carboxylic acids is 2. The minimum Gasteiger partial charge on any atom is -0.465 e. The molecule has 0 radical (unpaired) electrons. The van der Waals surface area contributed by atoms with Crippen molar-refractivity contribution in [1.82, 2.24) is 4.31 Å². The van der Waals surface area contributed by atoms with Crippen molar-refractivity contribution in [2.75, 3.05) is 30.0 Å². The molecule has 31 heavy (non-hydrogen) atoms. The summed E-state index contributed by atoms with van der Waals surface area (Å²) in [5.41, 5.74) is 0.963. The quantitative estimate of drug-likeness (QED) is 0.380. The van der Waals surface area contributed by atoms with Crippen molar-refractivity contribution in [1.29, 1.82) is 0 Å². The van der Waals surface area contributed by atoms with Crippen LogP contribution in [0.1, 0.15) is 17.3 Å². The lowest BCUT2D eigenvalue weighted by atomic mass is 10.2. The molecule has 2 aromatic rings. The molecule has 0 bridgehead atoms. The predicted molar refractivity (Wildman–Crippen MR) is 133 cm³/mol. The van der Waals surface area contributed by atoms with Gasteiger partial charge in [-0.05, 0) is 87.9 Å². The van der Waals surface area contributed by atoms with E-state index in [9.17, 15) is 18.0 Å². The largest absolute Gasteiger partial charge is 0.465 e. The van der Waals surface area contributed by atoms with Crippen LogP contribution in [0.2, 0.25) is 0 Å². The Morgan fingerprint density at radius 2 is 1.97 bits per heavy atom. The molecule has 1 fully saturated rings. The Morgan fingerprint density at radius 1 is 1.26 bits per heavy atom. The lowest BCUT2D eigenvalue weighted by molar-refractivity contribution is -0.146.